The number of benzene rings is 1. The smallest absolute Gasteiger partial charge is 0.229 e. The summed E-state index contributed by atoms with van der Waals surface area (Å²) in [6.45, 7) is 1.15. The van der Waals surface area contributed by atoms with E-state index < -0.39 is 0 Å². The molecule has 100 valence electrons. The predicted molar refractivity (Wildman–Crippen MR) is 74.1 cm³/mol. The summed E-state index contributed by atoms with van der Waals surface area (Å²) in [6.07, 6.45) is 3.78. The molecule has 19 heavy (non-hydrogen) atoms. The Morgan fingerprint density at radius 3 is 2.63 bits per heavy atom. The van der Waals surface area contributed by atoms with Gasteiger partial charge in [0.15, 0.2) is 0 Å². The number of nitrogens with zero attached hydrogens (tertiary/aromatic N) is 3. The first-order chi connectivity index (χ1) is 9.20. The second-order valence-electron chi connectivity index (χ2n) is 3.98. The molecule has 2 N–H and O–H groups in total. The average Bonchev–Trinajstić information content (AvgIpc) is 2.41. The van der Waals surface area contributed by atoms with E-state index in [1.807, 2.05) is 4.90 Å². The van der Waals surface area contributed by atoms with Gasteiger partial charge in [-0.2, -0.15) is 0 Å². The Bertz CT molecular complexity index is 532. The van der Waals surface area contributed by atoms with Crippen molar-refractivity contribution in [3.8, 4) is 0 Å². The molecule has 0 fully saturated rings. The highest BCUT2D eigenvalue weighted by atomic mass is 35.5. The Morgan fingerprint density at radius 2 is 2.00 bits per heavy atom. The molecule has 0 amide bonds. The number of hydrogen-bond acceptors (Lipinski definition) is 4. The maximum atomic E-state index is 13.3. The van der Waals surface area contributed by atoms with Crippen LogP contribution in [0.5, 0.6) is 0 Å². The first-order valence-electron chi connectivity index (χ1n) is 5.91. The Balaban J connectivity index is 2.32. The van der Waals surface area contributed by atoms with E-state index in [9.17, 15) is 4.39 Å². The summed E-state index contributed by atoms with van der Waals surface area (Å²) in [6, 6.07) is 6.29. The van der Waals surface area contributed by atoms with Crippen molar-refractivity contribution in [3.63, 3.8) is 0 Å². The summed E-state index contributed by atoms with van der Waals surface area (Å²) in [5.41, 5.74) is 6.21. The van der Waals surface area contributed by atoms with Gasteiger partial charge in [-0.3, -0.25) is 0 Å². The zero-order valence-corrected chi connectivity index (χ0v) is 11.0. The molecular weight excluding hydrogens is 267 g/mol. The molecule has 0 aliphatic rings. The summed E-state index contributed by atoms with van der Waals surface area (Å²) >= 11 is 5.77. The zero-order chi connectivity index (χ0) is 13.7. The number of nitrogens with two attached hydrogens (primary N) is 1. The van der Waals surface area contributed by atoms with Gasteiger partial charge in [-0.05, 0) is 31.2 Å². The van der Waals surface area contributed by atoms with E-state index in [2.05, 4.69) is 9.97 Å². The first kappa shape index (κ1) is 13.7. The number of hydrogen-bond donors (Lipinski definition) is 1. The normalized spacial score (nSPS) is 10.5. The van der Waals surface area contributed by atoms with Crippen LogP contribution in [-0.2, 0) is 0 Å². The third kappa shape index (κ3) is 3.62. The van der Waals surface area contributed by atoms with Crippen LogP contribution >= 0.6 is 11.6 Å². The third-order valence-corrected chi connectivity index (χ3v) is 2.75. The van der Waals surface area contributed by atoms with Gasteiger partial charge in [0.25, 0.3) is 0 Å². The fourth-order valence-corrected chi connectivity index (χ4v) is 1.78. The lowest BCUT2D eigenvalue weighted by atomic mass is 10.2. The van der Waals surface area contributed by atoms with Gasteiger partial charge in [-0.25, -0.2) is 14.4 Å². The lowest BCUT2D eigenvalue weighted by Crippen LogP contribution is -2.23. The van der Waals surface area contributed by atoms with E-state index in [4.69, 9.17) is 17.3 Å². The topological polar surface area (TPSA) is 55.0 Å². The van der Waals surface area contributed by atoms with Gasteiger partial charge in [-0.1, -0.05) is 17.7 Å². The van der Waals surface area contributed by atoms with Crippen molar-refractivity contribution in [3.05, 3.63) is 47.5 Å². The quantitative estimate of drug-likeness (QED) is 0.915. The third-order valence-electron chi connectivity index (χ3n) is 2.55. The molecule has 0 atom stereocenters. The average molecular weight is 281 g/mol. The first-order valence-corrected chi connectivity index (χ1v) is 6.29. The molecule has 0 saturated carbocycles. The fraction of sp³-hybridized carbons (Fsp3) is 0.231. The van der Waals surface area contributed by atoms with Crippen LogP contribution < -0.4 is 10.6 Å². The molecule has 2 aromatic rings. The van der Waals surface area contributed by atoms with Gasteiger partial charge >= 0.3 is 0 Å². The number of aromatic nitrogens is 2. The zero-order valence-electron chi connectivity index (χ0n) is 10.3. The lowest BCUT2D eigenvalue weighted by Gasteiger charge is -2.22. The van der Waals surface area contributed by atoms with Gasteiger partial charge in [-0.15, -0.1) is 0 Å². The number of rotatable bonds is 5. The molecule has 6 heteroatoms. The Hall–Kier alpha value is -1.72. The van der Waals surface area contributed by atoms with Crippen LogP contribution in [0, 0.1) is 5.82 Å². The van der Waals surface area contributed by atoms with Crippen molar-refractivity contribution < 1.29 is 4.39 Å². The van der Waals surface area contributed by atoms with Crippen molar-refractivity contribution in [1.82, 2.24) is 9.97 Å². The molecule has 2 rings (SSSR count). The molecule has 4 nitrogen and oxygen atoms in total. The van der Waals surface area contributed by atoms with Crippen LogP contribution in [0.25, 0.3) is 0 Å². The van der Waals surface area contributed by atoms with E-state index >= 15 is 0 Å². The molecule has 0 aliphatic carbocycles. The minimum atomic E-state index is -0.302. The maximum Gasteiger partial charge on any atom is 0.229 e. The van der Waals surface area contributed by atoms with E-state index in [1.54, 1.807) is 12.1 Å². The molecule has 0 saturated heterocycles. The van der Waals surface area contributed by atoms with Crippen molar-refractivity contribution in [2.75, 3.05) is 18.0 Å². The van der Waals surface area contributed by atoms with Crippen LogP contribution in [-0.4, -0.2) is 23.1 Å². The van der Waals surface area contributed by atoms with Crippen LogP contribution in [0.3, 0.4) is 0 Å². The van der Waals surface area contributed by atoms with Crippen molar-refractivity contribution in [2.24, 2.45) is 5.73 Å². The van der Waals surface area contributed by atoms with E-state index in [0.717, 1.165) is 6.42 Å². The molecule has 0 spiro atoms. The molecule has 1 aromatic heterocycles. The van der Waals surface area contributed by atoms with E-state index in [0.29, 0.717) is 29.7 Å². The van der Waals surface area contributed by atoms with Gasteiger partial charge in [0.2, 0.25) is 5.95 Å². The largest absolute Gasteiger partial charge is 0.330 e. The molecule has 1 heterocycles. The Morgan fingerprint density at radius 1 is 1.26 bits per heavy atom. The predicted octanol–water partition coefficient (Wildman–Crippen LogP) is 2.76. The highest BCUT2D eigenvalue weighted by molar-refractivity contribution is 6.30. The van der Waals surface area contributed by atoms with Gasteiger partial charge < -0.3 is 10.6 Å². The van der Waals surface area contributed by atoms with Crippen molar-refractivity contribution in [1.29, 1.82) is 0 Å². The number of halogens is 2. The minimum Gasteiger partial charge on any atom is -0.330 e. The summed E-state index contributed by atoms with van der Waals surface area (Å²) in [4.78, 5) is 10.1. The van der Waals surface area contributed by atoms with E-state index in [-0.39, 0.29) is 5.82 Å². The second-order valence-corrected chi connectivity index (χ2v) is 4.41. The molecule has 0 aliphatic heterocycles. The van der Waals surface area contributed by atoms with Crippen molar-refractivity contribution >= 4 is 23.2 Å². The highest BCUT2D eigenvalue weighted by Gasteiger charge is 2.12. The summed E-state index contributed by atoms with van der Waals surface area (Å²) < 4.78 is 13.3. The fourth-order valence-electron chi connectivity index (χ4n) is 1.68. The standard InChI is InChI=1S/C13H14ClFN4/c14-10-8-17-13(18-9-10)19(6-2-5-16)12-4-1-3-11(15)7-12/h1,3-4,7-9H,2,5-6,16H2. The van der Waals surface area contributed by atoms with E-state index in [1.165, 1.54) is 24.5 Å². The molecular formula is C13H14ClFN4. The molecule has 0 unspecified atom stereocenters. The minimum absolute atomic E-state index is 0.302. The number of anilines is 2. The molecule has 0 bridgehead atoms. The summed E-state index contributed by atoms with van der Waals surface area (Å²) in [7, 11) is 0. The summed E-state index contributed by atoms with van der Waals surface area (Å²) in [5, 5.41) is 0.460. The van der Waals surface area contributed by atoms with Crippen LogP contribution in [0.15, 0.2) is 36.7 Å². The van der Waals surface area contributed by atoms with Gasteiger partial charge in [0.05, 0.1) is 17.4 Å². The Labute approximate surface area is 116 Å². The SMILES string of the molecule is NCCCN(c1cccc(F)c1)c1ncc(Cl)cn1. The summed E-state index contributed by atoms with van der Waals surface area (Å²) in [5.74, 6) is 0.174. The van der Waals surface area contributed by atoms with Crippen LogP contribution in [0.2, 0.25) is 5.02 Å². The van der Waals surface area contributed by atoms with Crippen LogP contribution in [0.4, 0.5) is 16.0 Å². The molecule has 0 radical (unpaired) electrons. The Kier molecular flexibility index (Phi) is 4.65. The van der Waals surface area contributed by atoms with Crippen molar-refractivity contribution in [2.45, 2.75) is 6.42 Å². The lowest BCUT2D eigenvalue weighted by molar-refractivity contribution is 0.627. The van der Waals surface area contributed by atoms with Crippen LogP contribution in [0.1, 0.15) is 6.42 Å². The molecule has 1 aromatic carbocycles. The maximum absolute atomic E-state index is 13.3. The second kappa shape index (κ2) is 6.45. The monoisotopic (exact) mass is 280 g/mol. The van der Waals surface area contributed by atoms with Gasteiger partial charge in [0.1, 0.15) is 5.82 Å². The highest BCUT2D eigenvalue weighted by Crippen LogP contribution is 2.23. The van der Waals surface area contributed by atoms with Gasteiger partial charge in [0, 0.05) is 12.2 Å².